The third kappa shape index (κ3) is 14.8. The van der Waals surface area contributed by atoms with Crippen molar-refractivity contribution in [2.75, 3.05) is 59.5 Å². The van der Waals surface area contributed by atoms with Crippen LogP contribution in [0, 0.1) is 5.82 Å². The van der Waals surface area contributed by atoms with Crippen molar-refractivity contribution in [3.8, 4) is 0 Å². The van der Waals surface area contributed by atoms with Gasteiger partial charge >= 0.3 is 21.4 Å². The van der Waals surface area contributed by atoms with Crippen molar-refractivity contribution >= 4 is 51.1 Å². The minimum atomic E-state index is -4.49. The molecular weight excluding hydrogens is 683 g/mol. The third-order valence-electron chi connectivity index (χ3n) is 8.44. The molecule has 52 heavy (non-hydrogen) atoms. The Bertz CT molecular complexity index is 1530. The molecule has 12 nitrogen and oxygen atoms in total. The van der Waals surface area contributed by atoms with E-state index >= 15 is 0 Å². The average Bonchev–Trinajstić information content (AvgIpc) is 3.11. The number of anilines is 1. The smallest absolute Gasteiger partial charge is 0.416 e. The van der Waals surface area contributed by atoms with Crippen LogP contribution in [0.5, 0.6) is 0 Å². The number of hydrogen-bond donors (Lipinski definition) is 5. The first kappa shape index (κ1) is 42.8. The third-order valence-corrected chi connectivity index (χ3v) is 8.44. The Kier molecular flexibility index (Phi) is 18.0. The Labute approximate surface area is 304 Å². The number of pyridine rings is 1. The minimum absolute atomic E-state index is 0.0705. The van der Waals surface area contributed by atoms with E-state index in [2.05, 4.69) is 33.1 Å². The van der Waals surface area contributed by atoms with Gasteiger partial charge in [0, 0.05) is 26.2 Å². The highest BCUT2D eigenvalue weighted by atomic mass is 19.4. The van der Waals surface area contributed by atoms with Gasteiger partial charge in [-0.25, -0.2) is 4.39 Å². The summed E-state index contributed by atoms with van der Waals surface area (Å²) in [5.74, 6) is -1.52. The first-order valence-corrected chi connectivity index (χ1v) is 16.9. The van der Waals surface area contributed by atoms with E-state index in [1.54, 1.807) is 20.7 Å². The van der Waals surface area contributed by atoms with Crippen LogP contribution in [-0.2, 0) is 36.1 Å². The predicted octanol–water partition coefficient (Wildman–Crippen LogP) is 2.55. The van der Waals surface area contributed by atoms with Crippen molar-refractivity contribution in [3.05, 3.63) is 71.7 Å². The van der Waals surface area contributed by atoms with Gasteiger partial charge in [0.25, 0.3) is 7.48 Å². The van der Waals surface area contributed by atoms with Gasteiger partial charge in [-0.3, -0.25) is 14.6 Å². The fraction of sp³-hybridized carbons (Fsp3) is 0.485. The van der Waals surface area contributed by atoms with Crippen LogP contribution in [0.2, 0.25) is 6.32 Å². The Morgan fingerprint density at radius 1 is 0.962 bits per heavy atom. The summed E-state index contributed by atoms with van der Waals surface area (Å²) < 4.78 is 69.2. The van der Waals surface area contributed by atoms with Crippen LogP contribution in [0.15, 0.2) is 54.7 Å². The van der Waals surface area contributed by atoms with Crippen LogP contribution in [-0.4, -0.2) is 110 Å². The monoisotopic (exact) mass is 729 g/mol. The molecule has 0 aliphatic carbocycles. The van der Waals surface area contributed by atoms with Gasteiger partial charge in [-0.15, -0.1) is 0 Å². The quantitative estimate of drug-likeness (QED) is 0.0309. The predicted molar refractivity (Wildman–Crippen MR) is 193 cm³/mol. The molecule has 0 spiro atoms. The highest BCUT2D eigenvalue weighted by molar-refractivity contribution is 6.27. The van der Waals surface area contributed by atoms with Crippen molar-refractivity contribution in [1.82, 2.24) is 20.8 Å². The number of likely N-dealkylation sites (N-methyl/N-ethyl adjacent to an activating group) is 1. The molecule has 3 aromatic rings. The first-order chi connectivity index (χ1) is 24.9. The molecular formula is C33H46B3F4N7O5+. The van der Waals surface area contributed by atoms with Gasteiger partial charge in [0.1, 0.15) is 11.9 Å². The molecule has 6 N–H and O–H groups in total. The first-order valence-electron chi connectivity index (χ1n) is 16.9. The average molecular weight is 729 g/mol. The fourth-order valence-electron chi connectivity index (χ4n) is 5.56. The molecule has 1 aromatic heterocycles. The maximum atomic E-state index is 13.9. The molecule has 3 rings (SSSR count). The van der Waals surface area contributed by atoms with Crippen LogP contribution in [0.25, 0.3) is 10.9 Å². The number of hydrogen-bond acceptors (Lipinski definition) is 9. The van der Waals surface area contributed by atoms with Gasteiger partial charge in [0.05, 0.1) is 62.4 Å². The van der Waals surface area contributed by atoms with Gasteiger partial charge in [0.15, 0.2) is 0 Å². The molecule has 2 aromatic carbocycles. The van der Waals surface area contributed by atoms with Gasteiger partial charge in [-0.2, -0.15) is 13.2 Å². The summed E-state index contributed by atoms with van der Waals surface area (Å²) in [4.78, 5) is 31.7. The molecule has 0 saturated carbocycles. The van der Waals surface area contributed by atoms with E-state index in [4.69, 9.17) is 19.7 Å². The van der Waals surface area contributed by atoms with E-state index < -0.39 is 41.5 Å². The number of alkyl halides is 3. The summed E-state index contributed by atoms with van der Waals surface area (Å²) in [5, 5.41) is 12.1. The Hall–Kier alpha value is -3.58. The number of amides is 2. The number of carbonyl (C=O) groups is 2. The Morgan fingerprint density at radius 3 is 2.40 bits per heavy atom. The van der Waals surface area contributed by atoms with Crippen LogP contribution in [0.3, 0.4) is 0 Å². The summed E-state index contributed by atoms with van der Waals surface area (Å²) in [6, 6.07) is 8.41. The molecule has 1 heterocycles. The van der Waals surface area contributed by atoms with E-state index in [0.29, 0.717) is 53.2 Å². The Balaban J connectivity index is 1.75. The normalized spacial score (nSPS) is 13.9. The van der Waals surface area contributed by atoms with E-state index in [1.807, 2.05) is 0 Å². The molecule has 19 heteroatoms. The topological polar surface area (TPSA) is 149 Å². The lowest BCUT2D eigenvalue weighted by Crippen LogP contribution is -2.53. The van der Waals surface area contributed by atoms with Crippen molar-refractivity contribution in [2.45, 2.75) is 50.3 Å². The van der Waals surface area contributed by atoms with E-state index in [0.717, 1.165) is 25.2 Å². The fourth-order valence-corrected chi connectivity index (χ4v) is 5.56. The second-order valence-corrected chi connectivity index (χ2v) is 12.4. The largest absolute Gasteiger partial charge is 0.428 e. The molecule has 1 unspecified atom stereocenters. The molecule has 2 amide bonds. The lowest BCUT2D eigenvalue weighted by atomic mass is 9.94. The highest BCUT2D eigenvalue weighted by Gasteiger charge is 2.31. The second kappa shape index (κ2) is 21.8. The summed E-state index contributed by atoms with van der Waals surface area (Å²) in [6.45, 7) is 2.96. The second-order valence-electron chi connectivity index (χ2n) is 12.4. The van der Waals surface area contributed by atoms with Crippen LogP contribution in [0.4, 0.5) is 23.2 Å². The van der Waals surface area contributed by atoms with Gasteiger partial charge in [-0.1, -0.05) is 12.1 Å². The minimum Gasteiger partial charge on any atom is -0.428 e. The van der Waals surface area contributed by atoms with Crippen molar-refractivity contribution < 1.29 is 45.6 Å². The Morgan fingerprint density at radius 2 is 1.71 bits per heavy atom. The molecule has 0 fully saturated rings. The number of aryl methyl sites for hydroxylation is 1. The number of halogens is 4. The number of nitrogens with two attached hydrogens (primary N) is 1. The number of quaternary nitrogens is 1. The van der Waals surface area contributed by atoms with Gasteiger partial charge in [-0.05, 0) is 74.0 Å². The SMILES string of the molecule is CO[B]NCC[N+](C)(CC[B]OCN)CCC[C@H](N[B]OC)C(=O)N[C@H](CCc1ccc(C(F)(F)F)cc1)C(=O)Nc1cnc2ccc(F)cc2c1. The van der Waals surface area contributed by atoms with Crippen molar-refractivity contribution in [3.63, 3.8) is 0 Å². The molecule has 0 aliphatic rings. The number of nitrogens with one attached hydrogen (secondary N) is 4. The molecule has 0 saturated heterocycles. The summed E-state index contributed by atoms with van der Waals surface area (Å²) in [6.07, 6.45) is -1.14. The summed E-state index contributed by atoms with van der Waals surface area (Å²) in [7, 11) is 9.58. The highest BCUT2D eigenvalue weighted by Crippen LogP contribution is 2.29. The summed E-state index contributed by atoms with van der Waals surface area (Å²) >= 11 is 0. The van der Waals surface area contributed by atoms with Crippen LogP contribution in [0.1, 0.15) is 30.4 Å². The van der Waals surface area contributed by atoms with E-state index in [9.17, 15) is 27.2 Å². The molecule has 0 bridgehead atoms. The van der Waals surface area contributed by atoms with E-state index in [1.165, 1.54) is 58.9 Å². The number of benzene rings is 2. The standard InChI is InChI=1S/C33H45B3F4N7O5/c1-47(17-14-34-52-22-41,18-15-43-35-50-2)16-4-5-30(46-36-51-3)32(49)45-29(12-8-23-6-9-25(10-7-23)33(38,39)40)31(48)44-27-20-24-19-26(37)11-13-28(24)42-21-27/h6-7,9-11,13,19-21,29-30,43,46H,4-5,8,12,14-18,22,41H2,1-3H3,(H-,44,45,48,49)/p+1/t29-,30+,47?/m1/s1. The number of rotatable bonds is 24. The number of fused-ring (bicyclic) bond motifs is 1. The zero-order valence-corrected chi connectivity index (χ0v) is 29.7. The molecule has 279 valence electrons. The number of carbonyl (C=O) groups excluding carboxylic acids is 2. The number of aromatic nitrogens is 1. The van der Waals surface area contributed by atoms with Crippen LogP contribution >= 0.6 is 0 Å². The van der Waals surface area contributed by atoms with Crippen molar-refractivity contribution in [1.29, 1.82) is 0 Å². The van der Waals surface area contributed by atoms with Gasteiger partial charge < -0.3 is 45.3 Å². The van der Waals surface area contributed by atoms with Crippen LogP contribution < -0.4 is 26.8 Å². The van der Waals surface area contributed by atoms with Crippen molar-refractivity contribution in [2.24, 2.45) is 5.73 Å². The zero-order valence-electron chi connectivity index (χ0n) is 29.7. The molecule has 0 aliphatic heterocycles. The molecule has 3 atom stereocenters. The summed E-state index contributed by atoms with van der Waals surface area (Å²) in [5.41, 5.74) is 6.00. The van der Waals surface area contributed by atoms with Gasteiger partial charge in [0.2, 0.25) is 11.8 Å². The number of nitrogens with zero attached hydrogens (tertiary/aromatic N) is 2. The lowest BCUT2D eigenvalue weighted by molar-refractivity contribution is -0.906. The molecule has 3 radical (unpaired) electrons. The zero-order chi connectivity index (χ0) is 38.0. The lowest BCUT2D eigenvalue weighted by Gasteiger charge is -2.35. The maximum Gasteiger partial charge on any atom is 0.416 e. The maximum absolute atomic E-state index is 13.9. The van der Waals surface area contributed by atoms with E-state index in [-0.39, 0.29) is 25.3 Å².